The van der Waals surface area contributed by atoms with Crippen LogP contribution >= 0.6 is 23.2 Å². The lowest BCUT2D eigenvalue weighted by Crippen LogP contribution is -2.44. The second kappa shape index (κ2) is 8.08. The highest BCUT2D eigenvalue weighted by Gasteiger charge is 2.40. The molecule has 0 aromatic heterocycles. The van der Waals surface area contributed by atoms with Crippen LogP contribution in [0, 0.1) is 5.92 Å². The standard InChI is InChI=1S/C21H16Cl2N2O5/c22-16-8-7-12(10-17(16)23)18(26)24-9-3-4-13(11-24)21(29)30-25-19(27)14-5-1-2-6-15(14)20(25)28/h1-2,5-8,10,13H,3-4,9,11H2. The zero-order chi connectivity index (χ0) is 21.4. The van der Waals surface area contributed by atoms with Gasteiger partial charge in [-0.3, -0.25) is 14.4 Å². The van der Waals surface area contributed by atoms with Crippen molar-refractivity contribution in [2.24, 2.45) is 5.92 Å². The molecule has 0 spiro atoms. The van der Waals surface area contributed by atoms with Gasteiger partial charge in [-0.05, 0) is 43.2 Å². The molecule has 1 unspecified atom stereocenters. The first kappa shape index (κ1) is 20.4. The maximum atomic E-state index is 12.8. The van der Waals surface area contributed by atoms with Crippen molar-refractivity contribution in [1.29, 1.82) is 0 Å². The fourth-order valence-electron chi connectivity index (χ4n) is 3.58. The lowest BCUT2D eigenvalue weighted by atomic mass is 9.97. The van der Waals surface area contributed by atoms with Gasteiger partial charge in [0.1, 0.15) is 0 Å². The van der Waals surface area contributed by atoms with E-state index in [-0.39, 0.29) is 28.6 Å². The summed E-state index contributed by atoms with van der Waals surface area (Å²) in [7, 11) is 0. The van der Waals surface area contributed by atoms with E-state index in [4.69, 9.17) is 28.0 Å². The van der Waals surface area contributed by atoms with Crippen LogP contribution in [0.15, 0.2) is 42.5 Å². The minimum Gasteiger partial charge on any atom is -0.338 e. The lowest BCUT2D eigenvalue weighted by molar-refractivity contribution is -0.175. The highest BCUT2D eigenvalue weighted by atomic mass is 35.5. The molecule has 30 heavy (non-hydrogen) atoms. The first-order valence-electron chi connectivity index (χ1n) is 9.30. The van der Waals surface area contributed by atoms with Gasteiger partial charge in [0, 0.05) is 18.7 Å². The molecule has 3 amide bonds. The van der Waals surface area contributed by atoms with Crippen LogP contribution in [0.4, 0.5) is 0 Å². The minimum absolute atomic E-state index is 0.112. The molecule has 4 rings (SSSR count). The summed E-state index contributed by atoms with van der Waals surface area (Å²) in [6.07, 6.45) is 1.06. The Hall–Kier alpha value is -2.90. The number of halogens is 2. The lowest BCUT2D eigenvalue weighted by Gasteiger charge is -2.32. The van der Waals surface area contributed by atoms with Crippen molar-refractivity contribution < 1.29 is 24.0 Å². The molecule has 1 atom stereocenters. The van der Waals surface area contributed by atoms with Crippen molar-refractivity contribution in [3.05, 3.63) is 69.2 Å². The Kier molecular flexibility index (Phi) is 5.49. The summed E-state index contributed by atoms with van der Waals surface area (Å²) in [5.41, 5.74) is 0.740. The van der Waals surface area contributed by atoms with Crippen LogP contribution in [0.25, 0.3) is 0 Å². The highest BCUT2D eigenvalue weighted by molar-refractivity contribution is 6.42. The Morgan fingerprint density at radius 2 is 1.63 bits per heavy atom. The molecule has 9 heteroatoms. The number of fused-ring (bicyclic) bond motifs is 1. The number of carbonyl (C=O) groups excluding carboxylic acids is 4. The van der Waals surface area contributed by atoms with Crippen LogP contribution in [0.1, 0.15) is 43.9 Å². The number of likely N-dealkylation sites (tertiary alicyclic amines) is 1. The van der Waals surface area contributed by atoms with E-state index < -0.39 is 23.7 Å². The van der Waals surface area contributed by atoms with Gasteiger partial charge in [0.05, 0.1) is 27.1 Å². The zero-order valence-corrected chi connectivity index (χ0v) is 17.2. The Labute approximate surface area is 182 Å². The average molecular weight is 447 g/mol. The van der Waals surface area contributed by atoms with E-state index in [1.807, 2.05) is 0 Å². The smallest absolute Gasteiger partial charge is 0.338 e. The normalized spacial score (nSPS) is 18.4. The summed E-state index contributed by atoms with van der Waals surface area (Å²) in [5, 5.41) is 1.10. The van der Waals surface area contributed by atoms with Crippen molar-refractivity contribution in [3.63, 3.8) is 0 Å². The molecular formula is C21H16Cl2N2O5. The molecule has 0 bridgehead atoms. The topological polar surface area (TPSA) is 84.0 Å². The van der Waals surface area contributed by atoms with Crippen molar-refractivity contribution in [2.45, 2.75) is 12.8 Å². The number of hydrogen-bond donors (Lipinski definition) is 0. The number of hydroxylamine groups is 2. The molecule has 154 valence electrons. The van der Waals surface area contributed by atoms with Gasteiger partial charge in [-0.15, -0.1) is 0 Å². The molecule has 1 saturated heterocycles. The van der Waals surface area contributed by atoms with E-state index in [9.17, 15) is 19.2 Å². The number of carbonyl (C=O) groups is 4. The molecule has 0 N–H and O–H groups in total. The second-order valence-electron chi connectivity index (χ2n) is 7.08. The van der Waals surface area contributed by atoms with Crippen LogP contribution in [0.5, 0.6) is 0 Å². The SMILES string of the molecule is O=C(ON1C(=O)c2ccccc2C1=O)C1CCCN(C(=O)c2ccc(Cl)c(Cl)c2)C1. The molecule has 0 radical (unpaired) electrons. The molecular weight excluding hydrogens is 431 g/mol. The Balaban J connectivity index is 1.44. The molecule has 2 aliphatic rings. The van der Waals surface area contributed by atoms with E-state index in [2.05, 4.69) is 0 Å². The van der Waals surface area contributed by atoms with Gasteiger partial charge in [-0.25, -0.2) is 4.79 Å². The Morgan fingerprint density at radius 3 is 2.27 bits per heavy atom. The number of benzene rings is 2. The molecule has 2 aliphatic heterocycles. The first-order valence-corrected chi connectivity index (χ1v) is 10.1. The molecule has 7 nitrogen and oxygen atoms in total. The number of piperidine rings is 1. The van der Waals surface area contributed by atoms with Crippen LogP contribution in [0.3, 0.4) is 0 Å². The van der Waals surface area contributed by atoms with Gasteiger partial charge in [0.25, 0.3) is 17.7 Å². The molecule has 0 saturated carbocycles. The predicted molar refractivity (Wildman–Crippen MR) is 108 cm³/mol. The Bertz CT molecular complexity index is 1040. The summed E-state index contributed by atoms with van der Waals surface area (Å²) < 4.78 is 0. The minimum atomic E-state index is -0.726. The average Bonchev–Trinajstić information content (AvgIpc) is 3.00. The fraction of sp³-hybridized carbons (Fsp3) is 0.238. The van der Waals surface area contributed by atoms with Crippen molar-refractivity contribution in [3.8, 4) is 0 Å². The monoisotopic (exact) mass is 446 g/mol. The summed E-state index contributed by atoms with van der Waals surface area (Å²) in [6, 6.07) is 10.8. The summed E-state index contributed by atoms with van der Waals surface area (Å²) in [4.78, 5) is 56.9. The van der Waals surface area contributed by atoms with Crippen LogP contribution < -0.4 is 0 Å². The second-order valence-corrected chi connectivity index (χ2v) is 7.89. The molecule has 1 fully saturated rings. The largest absolute Gasteiger partial charge is 0.338 e. The van der Waals surface area contributed by atoms with Crippen LogP contribution in [0.2, 0.25) is 10.0 Å². The maximum absolute atomic E-state index is 12.8. The molecule has 2 aromatic carbocycles. The fourth-order valence-corrected chi connectivity index (χ4v) is 3.88. The first-order chi connectivity index (χ1) is 14.4. The van der Waals surface area contributed by atoms with Crippen LogP contribution in [-0.4, -0.2) is 46.7 Å². The van der Waals surface area contributed by atoms with E-state index in [1.165, 1.54) is 29.2 Å². The quantitative estimate of drug-likeness (QED) is 0.672. The van der Waals surface area contributed by atoms with Crippen molar-refractivity contribution in [2.75, 3.05) is 13.1 Å². The molecule has 2 aromatic rings. The number of nitrogens with zero attached hydrogens (tertiary/aromatic N) is 2. The highest BCUT2D eigenvalue weighted by Crippen LogP contribution is 2.27. The van der Waals surface area contributed by atoms with E-state index in [0.717, 1.165) is 0 Å². The number of hydrogen-bond acceptors (Lipinski definition) is 5. The van der Waals surface area contributed by atoms with Gasteiger partial charge in [-0.2, -0.15) is 0 Å². The summed E-state index contributed by atoms with van der Waals surface area (Å²) >= 11 is 11.9. The third-order valence-electron chi connectivity index (χ3n) is 5.15. The third kappa shape index (κ3) is 3.66. The van der Waals surface area contributed by atoms with Gasteiger partial charge < -0.3 is 9.74 Å². The van der Waals surface area contributed by atoms with E-state index in [1.54, 1.807) is 18.2 Å². The van der Waals surface area contributed by atoms with Gasteiger partial charge in [0.15, 0.2) is 0 Å². The predicted octanol–water partition coefficient (Wildman–Crippen LogP) is 3.60. The maximum Gasteiger partial charge on any atom is 0.338 e. The number of amides is 3. The zero-order valence-electron chi connectivity index (χ0n) is 15.6. The molecule has 2 heterocycles. The van der Waals surface area contributed by atoms with Gasteiger partial charge in [-0.1, -0.05) is 40.4 Å². The molecule has 0 aliphatic carbocycles. The summed E-state index contributed by atoms with van der Waals surface area (Å²) in [5.74, 6) is -3.02. The summed E-state index contributed by atoms with van der Waals surface area (Å²) in [6.45, 7) is 0.580. The Morgan fingerprint density at radius 1 is 0.967 bits per heavy atom. The number of imide groups is 1. The van der Waals surface area contributed by atoms with Crippen molar-refractivity contribution in [1.82, 2.24) is 9.96 Å². The van der Waals surface area contributed by atoms with Gasteiger partial charge >= 0.3 is 5.97 Å². The van der Waals surface area contributed by atoms with Crippen LogP contribution in [-0.2, 0) is 9.63 Å². The number of rotatable bonds is 3. The van der Waals surface area contributed by atoms with E-state index in [0.29, 0.717) is 35.0 Å². The van der Waals surface area contributed by atoms with E-state index >= 15 is 0 Å². The van der Waals surface area contributed by atoms with Gasteiger partial charge in [0.2, 0.25) is 0 Å². The third-order valence-corrected chi connectivity index (χ3v) is 5.89. The van der Waals surface area contributed by atoms with Crippen molar-refractivity contribution >= 4 is 46.9 Å².